The van der Waals surface area contributed by atoms with Gasteiger partial charge in [-0.25, -0.2) is 0 Å². The van der Waals surface area contributed by atoms with E-state index in [9.17, 15) is 5.11 Å². The van der Waals surface area contributed by atoms with Crippen molar-refractivity contribution in [3.8, 4) is 0 Å². The summed E-state index contributed by atoms with van der Waals surface area (Å²) in [6, 6.07) is 30.7. The van der Waals surface area contributed by atoms with Crippen molar-refractivity contribution in [2.45, 2.75) is 24.5 Å². The Hall–Kier alpha value is -2.42. The molecule has 3 aromatic carbocycles. The molecule has 0 aliphatic rings. The quantitative estimate of drug-likeness (QED) is 0.681. The average molecular weight is 345 g/mol. The van der Waals surface area contributed by atoms with Crippen molar-refractivity contribution in [2.75, 3.05) is 14.1 Å². The Morgan fingerprint density at radius 3 is 1.46 bits per heavy atom. The van der Waals surface area contributed by atoms with Crippen LogP contribution in [0.5, 0.6) is 0 Å². The minimum absolute atomic E-state index is 0.107. The maximum Gasteiger partial charge on any atom is 0.0923 e. The lowest BCUT2D eigenvalue weighted by atomic mass is 9.78. The van der Waals surface area contributed by atoms with Gasteiger partial charge in [0.05, 0.1) is 11.6 Å². The standard InChI is InChI=1S/C24H27NO/c1-25(2)23(22-16-10-5-11-17-22)24(26,18-20-12-6-3-7-13-20)19-21-14-8-4-9-15-21/h3-17,23,26H,18-19H2,1-2H3. The Balaban J connectivity index is 2.02. The van der Waals surface area contributed by atoms with E-state index in [0.717, 1.165) is 16.7 Å². The fourth-order valence-electron chi connectivity index (χ4n) is 3.88. The average Bonchev–Trinajstić information content (AvgIpc) is 2.64. The van der Waals surface area contributed by atoms with E-state index >= 15 is 0 Å². The minimum Gasteiger partial charge on any atom is -0.387 e. The lowest BCUT2D eigenvalue weighted by Gasteiger charge is -2.41. The van der Waals surface area contributed by atoms with Crippen LogP contribution in [0.1, 0.15) is 22.7 Å². The second-order valence-electron chi connectivity index (χ2n) is 7.21. The number of aliphatic hydroxyl groups is 1. The second-order valence-corrected chi connectivity index (χ2v) is 7.21. The molecule has 0 aliphatic carbocycles. The van der Waals surface area contributed by atoms with Crippen molar-refractivity contribution >= 4 is 0 Å². The van der Waals surface area contributed by atoms with E-state index in [4.69, 9.17) is 0 Å². The van der Waals surface area contributed by atoms with Crippen LogP contribution in [0, 0.1) is 0 Å². The molecule has 134 valence electrons. The summed E-state index contributed by atoms with van der Waals surface area (Å²) in [5.74, 6) is 0. The van der Waals surface area contributed by atoms with Crippen LogP contribution in [0.4, 0.5) is 0 Å². The molecule has 1 atom stereocenters. The molecule has 3 rings (SSSR count). The summed E-state index contributed by atoms with van der Waals surface area (Å²) in [7, 11) is 4.08. The SMILES string of the molecule is CN(C)C(c1ccccc1)C(O)(Cc1ccccc1)Cc1ccccc1. The van der Waals surface area contributed by atoms with Crippen LogP contribution in [-0.4, -0.2) is 29.7 Å². The lowest BCUT2D eigenvalue weighted by Crippen LogP contribution is -2.47. The molecule has 0 saturated carbocycles. The van der Waals surface area contributed by atoms with Crippen LogP contribution in [0.2, 0.25) is 0 Å². The summed E-state index contributed by atoms with van der Waals surface area (Å²) in [6.07, 6.45) is 1.20. The Labute approximate surface area is 156 Å². The Bertz CT molecular complexity index is 743. The number of benzene rings is 3. The zero-order chi connectivity index (χ0) is 18.4. The van der Waals surface area contributed by atoms with E-state index in [-0.39, 0.29) is 6.04 Å². The minimum atomic E-state index is -0.923. The molecule has 1 unspecified atom stereocenters. The van der Waals surface area contributed by atoms with E-state index in [2.05, 4.69) is 41.3 Å². The fraction of sp³-hybridized carbons (Fsp3) is 0.250. The van der Waals surface area contributed by atoms with Gasteiger partial charge in [0.1, 0.15) is 0 Å². The van der Waals surface area contributed by atoms with Crippen LogP contribution in [0.25, 0.3) is 0 Å². The molecule has 26 heavy (non-hydrogen) atoms. The Morgan fingerprint density at radius 1 is 0.692 bits per heavy atom. The summed E-state index contributed by atoms with van der Waals surface area (Å²) in [5.41, 5.74) is 2.50. The van der Waals surface area contributed by atoms with E-state index in [1.165, 1.54) is 0 Å². The normalized spacial score (nSPS) is 12.9. The van der Waals surface area contributed by atoms with Crippen molar-refractivity contribution in [3.63, 3.8) is 0 Å². The molecule has 2 heteroatoms. The first-order valence-electron chi connectivity index (χ1n) is 9.10. The topological polar surface area (TPSA) is 23.5 Å². The van der Waals surface area contributed by atoms with Crippen molar-refractivity contribution in [1.82, 2.24) is 4.90 Å². The van der Waals surface area contributed by atoms with Gasteiger partial charge in [-0.15, -0.1) is 0 Å². The highest BCUT2D eigenvalue weighted by atomic mass is 16.3. The van der Waals surface area contributed by atoms with E-state index in [1.54, 1.807) is 0 Å². The highest BCUT2D eigenvalue weighted by Gasteiger charge is 2.39. The molecular formula is C24H27NO. The number of hydrogen-bond acceptors (Lipinski definition) is 2. The van der Waals surface area contributed by atoms with Gasteiger partial charge < -0.3 is 5.11 Å². The number of nitrogens with zero attached hydrogens (tertiary/aromatic N) is 1. The molecule has 2 nitrogen and oxygen atoms in total. The maximum atomic E-state index is 12.0. The van der Waals surface area contributed by atoms with Gasteiger partial charge in [-0.1, -0.05) is 91.0 Å². The highest BCUT2D eigenvalue weighted by Crippen LogP contribution is 2.36. The van der Waals surface area contributed by atoms with Crippen molar-refractivity contribution in [2.24, 2.45) is 0 Å². The van der Waals surface area contributed by atoms with Gasteiger partial charge in [-0.2, -0.15) is 0 Å². The predicted molar refractivity (Wildman–Crippen MR) is 108 cm³/mol. The van der Waals surface area contributed by atoms with Gasteiger partial charge in [0.25, 0.3) is 0 Å². The zero-order valence-corrected chi connectivity index (χ0v) is 15.5. The molecule has 3 aromatic rings. The third-order valence-electron chi connectivity index (χ3n) is 4.85. The molecule has 0 saturated heterocycles. The van der Waals surface area contributed by atoms with E-state index in [0.29, 0.717) is 12.8 Å². The summed E-state index contributed by atoms with van der Waals surface area (Å²) >= 11 is 0. The first-order chi connectivity index (χ1) is 12.6. The second kappa shape index (κ2) is 8.31. The van der Waals surface area contributed by atoms with Crippen LogP contribution < -0.4 is 0 Å². The number of hydrogen-bond donors (Lipinski definition) is 1. The van der Waals surface area contributed by atoms with Crippen LogP contribution in [0.3, 0.4) is 0 Å². The molecule has 0 spiro atoms. The van der Waals surface area contributed by atoms with Crippen molar-refractivity contribution in [1.29, 1.82) is 0 Å². The van der Waals surface area contributed by atoms with Crippen LogP contribution in [0.15, 0.2) is 91.0 Å². The first kappa shape index (κ1) is 18.4. The molecule has 0 bridgehead atoms. The third-order valence-corrected chi connectivity index (χ3v) is 4.85. The summed E-state index contributed by atoms with van der Waals surface area (Å²) in [6.45, 7) is 0. The molecular weight excluding hydrogens is 318 g/mol. The number of likely N-dealkylation sites (N-methyl/N-ethyl adjacent to an activating group) is 1. The third kappa shape index (κ3) is 4.40. The highest BCUT2D eigenvalue weighted by molar-refractivity contribution is 5.28. The Morgan fingerprint density at radius 2 is 1.08 bits per heavy atom. The monoisotopic (exact) mass is 345 g/mol. The lowest BCUT2D eigenvalue weighted by molar-refractivity contribution is -0.0348. The zero-order valence-electron chi connectivity index (χ0n) is 15.5. The molecule has 0 fully saturated rings. The molecule has 0 amide bonds. The van der Waals surface area contributed by atoms with Crippen LogP contribution in [-0.2, 0) is 12.8 Å². The maximum absolute atomic E-state index is 12.0. The summed E-state index contributed by atoms with van der Waals surface area (Å²) < 4.78 is 0. The largest absolute Gasteiger partial charge is 0.387 e. The van der Waals surface area contributed by atoms with Gasteiger partial charge >= 0.3 is 0 Å². The summed E-state index contributed by atoms with van der Waals surface area (Å²) in [4.78, 5) is 2.13. The smallest absolute Gasteiger partial charge is 0.0923 e. The van der Waals surface area contributed by atoms with Crippen molar-refractivity contribution < 1.29 is 5.11 Å². The number of rotatable bonds is 7. The molecule has 1 N–H and O–H groups in total. The predicted octanol–water partition coefficient (Wildman–Crippen LogP) is 4.51. The van der Waals surface area contributed by atoms with E-state index in [1.807, 2.05) is 68.7 Å². The van der Waals surface area contributed by atoms with Gasteiger partial charge in [0, 0.05) is 12.8 Å². The first-order valence-corrected chi connectivity index (χ1v) is 9.10. The van der Waals surface area contributed by atoms with Gasteiger partial charge in [0.15, 0.2) is 0 Å². The molecule has 0 aliphatic heterocycles. The van der Waals surface area contributed by atoms with Crippen LogP contribution >= 0.6 is 0 Å². The molecule has 0 radical (unpaired) electrons. The van der Waals surface area contributed by atoms with Gasteiger partial charge in [0.2, 0.25) is 0 Å². The van der Waals surface area contributed by atoms with Gasteiger partial charge in [-0.3, -0.25) is 4.90 Å². The fourth-order valence-corrected chi connectivity index (χ4v) is 3.88. The van der Waals surface area contributed by atoms with Gasteiger partial charge in [-0.05, 0) is 30.8 Å². The van der Waals surface area contributed by atoms with Crippen molar-refractivity contribution in [3.05, 3.63) is 108 Å². The van der Waals surface area contributed by atoms with E-state index < -0.39 is 5.60 Å². The molecule has 0 heterocycles. The summed E-state index contributed by atoms with van der Waals surface area (Å²) in [5, 5.41) is 12.0. The molecule has 0 aromatic heterocycles. The Kier molecular flexibility index (Phi) is 5.87.